The van der Waals surface area contributed by atoms with Gasteiger partial charge in [-0.15, -0.1) is 0 Å². The minimum absolute atomic E-state index is 0.178. The first-order chi connectivity index (χ1) is 8.67. The third-order valence-electron chi connectivity index (χ3n) is 3.74. The zero-order valence-corrected chi connectivity index (χ0v) is 11.3. The number of carbonyl (C=O) groups is 1. The molecule has 0 radical (unpaired) electrons. The molecule has 1 fully saturated rings. The SMILES string of the molecule is CCN(CCC(N)=NO)C(=O)CCC1CCCC1. The summed E-state index contributed by atoms with van der Waals surface area (Å²) in [6, 6.07) is 0. The zero-order valence-electron chi connectivity index (χ0n) is 11.3. The van der Waals surface area contributed by atoms with Gasteiger partial charge in [-0.1, -0.05) is 30.8 Å². The third kappa shape index (κ3) is 4.94. The summed E-state index contributed by atoms with van der Waals surface area (Å²) in [5, 5.41) is 11.4. The smallest absolute Gasteiger partial charge is 0.222 e. The molecule has 104 valence electrons. The van der Waals surface area contributed by atoms with Gasteiger partial charge in [-0.05, 0) is 19.3 Å². The van der Waals surface area contributed by atoms with Crippen LogP contribution in [0.4, 0.5) is 0 Å². The van der Waals surface area contributed by atoms with Crippen LogP contribution in [0.2, 0.25) is 0 Å². The number of amides is 1. The van der Waals surface area contributed by atoms with Crippen LogP contribution >= 0.6 is 0 Å². The Morgan fingerprint density at radius 2 is 2.06 bits per heavy atom. The van der Waals surface area contributed by atoms with Crippen LogP contribution in [0, 0.1) is 5.92 Å². The maximum atomic E-state index is 12.0. The van der Waals surface area contributed by atoms with Gasteiger partial charge in [0.15, 0.2) is 0 Å². The topological polar surface area (TPSA) is 78.9 Å². The van der Waals surface area contributed by atoms with Gasteiger partial charge in [0.1, 0.15) is 5.84 Å². The van der Waals surface area contributed by atoms with E-state index in [0.29, 0.717) is 25.9 Å². The summed E-state index contributed by atoms with van der Waals surface area (Å²) in [6.07, 6.45) is 7.28. The zero-order chi connectivity index (χ0) is 13.4. The molecule has 1 amide bonds. The minimum Gasteiger partial charge on any atom is -0.409 e. The number of nitrogens with two attached hydrogens (primary N) is 1. The number of oxime groups is 1. The first kappa shape index (κ1) is 14.8. The van der Waals surface area contributed by atoms with E-state index in [1.54, 1.807) is 4.90 Å². The second kappa shape index (κ2) is 7.95. The molecule has 0 aromatic heterocycles. The summed E-state index contributed by atoms with van der Waals surface area (Å²) in [7, 11) is 0. The van der Waals surface area contributed by atoms with Crippen molar-refractivity contribution >= 4 is 11.7 Å². The largest absolute Gasteiger partial charge is 0.409 e. The maximum absolute atomic E-state index is 12.0. The molecule has 0 atom stereocenters. The van der Waals surface area contributed by atoms with Crippen LogP contribution in [-0.2, 0) is 4.79 Å². The van der Waals surface area contributed by atoms with E-state index in [4.69, 9.17) is 10.9 Å². The van der Waals surface area contributed by atoms with Gasteiger partial charge in [-0.2, -0.15) is 0 Å². The quantitative estimate of drug-likeness (QED) is 0.316. The summed E-state index contributed by atoms with van der Waals surface area (Å²) >= 11 is 0. The number of amidine groups is 1. The second-order valence-electron chi connectivity index (χ2n) is 5.00. The number of hydrogen-bond acceptors (Lipinski definition) is 3. The van der Waals surface area contributed by atoms with Gasteiger partial charge in [-0.3, -0.25) is 4.79 Å². The van der Waals surface area contributed by atoms with Crippen molar-refractivity contribution in [3.05, 3.63) is 0 Å². The van der Waals surface area contributed by atoms with E-state index < -0.39 is 0 Å². The van der Waals surface area contributed by atoms with Gasteiger partial charge >= 0.3 is 0 Å². The first-order valence-corrected chi connectivity index (χ1v) is 6.91. The lowest BCUT2D eigenvalue weighted by molar-refractivity contribution is -0.131. The standard InChI is InChI=1S/C13H25N3O2/c1-2-16(10-9-12(14)15-18)13(17)8-7-11-5-3-4-6-11/h11,18H,2-10H2,1H3,(H2,14,15). The predicted molar refractivity (Wildman–Crippen MR) is 71.5 cm³/mol. The van der Waals surface area contributed by atoms with Crippen molar-refractivity contribution in [2.45, 2.75) is 51.9 Å². The Morgan fingerprint density at radius 3 is 2.61 bits per heavy atom. The van der Waals surface area contributed by atoms with Gasteiger partial charge < -0.3 is 15.8 Å². The van der Waals surface area contributed by atoms with Crippen LogP contribution in [0.3, 0.4) is 0 Å². The Labute approximate surface area is 109 Å². The number of carbonyl (C=O) groups excluding carboxylic acids is 1. The summed E-state index contributed by atoms with van der Waals surface area (Å²) in [6.45, 7) is 3.18. The first-order valence-electron chi connectivity index (χ1n) is 6.91. The van der Waals surface area contributed by atoms with Gasteiger partial charge in [0.25, 0.3) is 0 Å². The monoisotopic (exact) mass is 255 g/mol. The molecule has 1 saturated carbocycles. The summed E-state index contributed by atoms with van der Waals surface area (Å²) < 4.78 is 0. The van der Waals surface area contributed by atoms with E-state index >= 15 is 0 Å². The van der Waals surface area contributed by atoms with Crippen LogP contribution in [0.15, 0.2) is 5.16 Å². The molecule has 18 heavy (non-hydrogen) atoms. The van der Waals surface area contributed by atoms with Crippen molar-refractivity contribution in [2.24, 2.45) is 16.8 Å². The Balaban J connectivity index is 2.27. The molecule has 5 nitrogen and oxygen atoms in total. The molecular weight excluding hydrogens is 230 g/mol. The van der Waals surface area contributed by atoms with Crippen LogP contribution in [-0.4, -0.2) is 34.9 Å². The lowest BCUT2D eigenvalue weighted by Crippen LogP contribution is -2.34. The highest BCUT2D eigenvalue weighted by Crippen LogP contribution is 2.28. The van der Waals surface area contributed by atoms with E-state index in [2.05, 4.69) is 5.16 Å². The normalized spacial score (nSPS) is 17.1. The molecule has 0 heterocycles. The highest BCUT2D eigenvalue weighted by molar-refractivity contribution is 5.81. The molecule has 5 heteroatoms. The Kier molecular flexibility index (Phi) is 6.54. The summed E-state index contributed by atoms with van der Waals surface area (Å²) in [4.78, 5) is 13.8. The highest BCUT2D eigenvalue weighted by atomic mass is 16.4. The van der Waals surface area contributed by atoms with Crippen molar-refractivity contribution in [3.8, 4) is 0 Å². The summed E-state index contributed by atoms with van der Waals surface area (Å²) in [5.41, 5.74) is 5.41. The van der Waals surface area contributed by atoms with Crippen LogP contribution < -0.4 is 5.73 Å². The number of nitrogens with zero attached hydrogens (tertiary/aromatic N) is 2. The maximum Gasteiger partial charge on any atom is 0.222 e. The number of hydrogen-bond donors (Lipinski definition) is 2. The average Bonchev–Trinajstić information content (AvgIpc) is 2.89. The van der Waals surface area contributed by atoms with E-state index in [1.807, 2.05) is 6.92 Å². The van der Waals surface area contributed by atoms with E-state index in [9.17, 15) is 4.79 Å². The molecule has 0 unspecified atom stereocenters. The van der Waals surface area contributed by atoms with E-state index in [1.165, 1.54) is 25.7 Å². The molecule has 1 aliphatic rings. The Hall–Kier alpha value is -1.26. The highest BCUT2D eigenvalue weighted by Gasteiger charge is 2.18. The molecule has 3 N–H and O–H groups in total. The lowest BCUT2D eigenvalue weighted by Gasteiger charge is -2.21. The third-order valence-corrected chi connectivity index (χ3v) is 3.74. The van der Waals surface area contributed by atoms with Crippen LogP contribution in [0.1, 0.15) is 51.9 Å². The van der Waals surface area contributed by atoms with Crippen molar-refractivity contribution in [3.63, 3.8) is 0 Å². The fraction of sp³-hybridized carbons (Fsp3) is 0.846. The predicted octanol–water partition coefficient (Wildman–Crippen LogP) is 1.94. The fourth-order valence-corrected chi connectivity index (χ4v) is 2.54. The van der Waals surface area contributed by atoms with Crippen molar-refractivity contribution in [2.75, 3.05) is 13.1 Å². The molecule has 0 bridgehead atoms. The van der Waals surface area contributed by atoms with Crippen LogP contribution in [0.25, 0.3) is 0 Å². The van der Waals surface area contributed by atoms with Gasteiger partial charge in [0, 0.05) is 25.9 Å². The molecular formula is C13H25N3O2. The second-order valence-corrected chi connectivity index (χ2v) is 5.00. The Morgan fingerprint density at radius 1 is 1.39 bits per heavy atom. The fourth-order valence-electron chi connectivity index (χ4n) is 2.54. The molecule has 0 aliphatic heterocycles. The van der Waals surface area contributed by atoms with Crippen molar-refractivity contribution in [1.29, 1.82) is 0 Å². The summed E-state index contributed by atoms with van der Waals surface area (Å²) in [5.74, 6) is 1.11. The average molecular weight is 255 g/mol. The lowest BCUT2D eigenvalue weighted by atomic mass is 10.0. The van der Waals surface area contributed by atoms with Gasteiger partial charge in [0.2, 0.25) is 5.91 Å². The molecule has 0 spiro atoms. The minimum atomic E-state index is 0.178. The Bertz CT molecular complexity index is 286. The molecule has 0 aromatic rings. The molecule has 0 aromatic carbocycles. The van der Waals surface area contributed by atoms with Crippen molar-refractivity contribution < 1.29 is 10.0 Å². The molecule has 1 aliphatic carbocycles. The van der Waals surface area contributed by atoms with Gasteiger partial charge in [-0.25, -0.2) is 0 Å². The molecule has 1 rings (SSSR count). The van der Waals surface area contributed by atoms with E-state index in [-0.39, 0.29) is 11.7 Å². The van der Waals surface area contributed by atoms with Crippen molar-refractivity contribution in [1.82, 2.24) is 4.90 Å². The van der Waals surface area contributed by atoms with Gasteiger partial charge in [0.05, 0.1) is 0 Å². The van der Waals surface area contributed by atoms with Crippen LogP contribution in [0.5, 0.6) is 0 Å². The van der Waals surface area contributed by atoms with E-state index in [0.717, 1.165) is 12.3 Å². The number of rotatable bonds is 7. The molecule has 0 saturated heterocycles.